The van der Waals surface area contributed by atoms with Crippen LogP contribution in [0.2, 0.25) is 0 Å². The van der Waals surface area contributed by atoms with Gasteiger partial charge in [-0.05, 0) is 59.9 Å². The highest BCUT2D eigenvalue weighted by atomic mass is 16.5. The van der Waals surface area contributed by atoms with E-state index in [0.717, 1.165) is 35.7 Å². The average molecular weight is 601 g/mol. The van der Waals surface area contributed by atoms with Crippen LogP contribution >= 0.6 is 0 Å². The monoisotopic (exact) mass is 600 g/mol. The molecule has 3 aliphatic heterocycles. The summed E-state index contributed by atoms with van der Waals surface area (Å²) in [5, 5.41) is 11.3. The number of anilines is 4. The highest BCUT2D eigenvalue weighted by Crippen LogP contribution is 2.52. The molecule has 3 N–H and O–H groups in total. The number of nitrogens with zero attached hydrogens (tertiary/aromatic N) is 1. The predicted molar refractivity (Wildman–Crippen MR) is 189 cm³/mol. The molecule has 0 spiro atoms. The van der Waals surface area contributed by atoms with Crippen molar-refractivity contribution in [2.45, 2.75) is 31.8 Å². The van der Waals surface area contributed by atoms with E-state index in [1.807, 2.05) is 6.07 Å². The summed E-state index contributed by atoms with van der Waals surface area (Å²) in [4.78, 5) is 2.49. The van der Waals surface area contributed by atoms with Crippen LogP contribution in [-0.4, -0.2) is 12.7 Å². The van der Waals surface area contributed by atoms with E-state index in [9.17, 15) is 0 Å². The predicted octanol–water partition coefficient (Wildman–Crippen LogP) is 9.61. The number of hydrogen-bond acceptors (Lipinski definition) is 5. The van der Waals surface area contributed by atoms with E-state index in [4.69, 9.17) is 4.74 Å². The molecule has 0 aromatic heterocycles. The second-order valence-electron chi connectivity index (χ2n) is 12.5. The van der Waals surface area contributed by atoms with Gasteiger partial charge < -0.3 is 25.6 Å². The van der Waals surface area contributed by atoms with Crippen molar-refractivity contribution in [2.24, 2.45) is 5.92 Å². The Hall–Kier alpha value is -5.42. The van der Waals surface area contributed by atoms with Crippen molar-refractivity contribution in [1.29, 1.82) is 0 Å². The van der Waals surface area contributed by atoms with Crippen LogP contribution in [0, 0.1) is 5.92 Å². The summed E-state index contributed by atoms with van der Waals surface area (Å²) in [5.41, 5.74) is 13.3. The first kappa shape index (κ1) is 26.9. The van der Waals surface area contributed by atoms with E-state index in [-0.39, 0.29) is 18.4 Å². The van der Waals surface area contributed by atoms with Crippen molar-refractivity contribution in [3.05, 3.63) is 156 Å². The fraction of sp³-hybridized carbons (Fsp3) is 0.171. The number of nitrogens with one attached hydrogen (secondary N) is 3. The van der Waals surface area contributed by atoms with Crippen molar-refractivity contribution in [1.82, 2.24) is 0 Å². The van der Waals surface area contributed by atoms with Crippen LogP contribution in [0.25, 0.3) is 16.7 Å². The van der Waals surface area contributed by atoms with Crippen molar-refractivity contribution in [3.63, 3.8) is 0 Å². The number of fused-ring (bicyclic) bond motifs is 6. The highest BCUT2D eigenvalue weighted by Gasteiger charge is 2.35. The summed E-state index contributed by atoms with van der Waals surface area (Å²) < 4.78 is 6.42. The van der Waals surface area contributed by atoms with Crippen LogP contribution in [0.3, 0.4) is 0 Å². The molecule has 4 aliphatic rings. The Bertz CT molecular complexity index is 2000. The summed E-state index contributed by atoms with van der Waals surface area (Å²) >= 11 is 0. The summed E-state index contributed by atoms with van der Waals surface area (Å²) in [6.45, 7) is 3.22. The van der Waals surface area contributed by atoms with Gasteiger partial charge >= 0.3 is 0 Å². The minimum Gasteiger partial charge on any atom is -0.464 e. The van der Waals surface area contributed by atoms with Gasteiger partial charge in [0.1, 0.15) is 11.9 Å². The number of rotatable bonds is 5. The smallest absolute Gasteiger partial charge is 0.196 e. The lowest BCUT2D eigenvalue weighted by Crippen LogP contribution is -2.41. The maximum Gasteiger partial charge on any atom is 0.196 e. The quantitative estimate of drug-likeness (QED) is 0.188. The first-order chi connectivity index (χ1) is 22.7. The largest absolute Gasteiger partial charge is 0.464 e. The Balaban J connectivity index is 0.980. The van der Waals surface area contributed by atoms with Crippen LogP contribution in [-0.2, 0) is 0 Å². The van der Waals surface area contributed by atoms with Gasteiger partial charge in [-0.25, -0.2) is 0 Å². The zero-order chi connectivity index (χ0) is 30.6. The number of ether oxygens (including phenoxy) is 1. The lowest BCUT2D eigenvalue weighted by Gasteiger charge is -2.32. The summed E-state index contributed by atoms with van der Waals surface area (Å²) in [6, 6.07) is 41.1. The molecule has 4 unspecified atom stereocenters. The molecule has 0 amide bonds. The van der Waals surface area contributed by atoms with Crippen molar-refractivity contribution >= 4 is 28.3 Å². The summed E-state index contributed by atoms with van der Waals surface area (Å²) in [7, 11) is 0. The molecule has 3 heterocycles. The van der Waals surface area contributed by atoms with Crippen molar-refractivity contribution < 1.29 is 4.74 Å². The third-order valence-electron chi connectivity index (χ3n) is 9.94. The number of benzene rings is 5. The van der Waals surface area contributed by atoms with Gasteiger partial charge in [0, 0.05) is 34.8 Å². The molecular formula is C41H36N4O. The normalized spacial score (nSPS) is 21.8. The molecule has 5 aromatic rings. The van der Waals surface area contributed by atoms with E-state index in [1.165, 1.54) is 44.8 Å². The second kappa shape index (κ2) is 10.9. The highest BCUT2D eigenvalue weighted by molar-refractivity contribution is 5.95. The molecule has 0 saturated heterocycles. The lowest BCUT2D eigenvalue weighted by atomic mass is 9.84. The van der Waals surface area contributed by atoms with Crippen molar-refractivity contribution in [3.8, 4) is 16.9 Å². The van der Waals surface area contributed by atoms with Gasteiger partial charge in [0.15, 0.2) is 6.23 Å². The molecule has 5 aromatic carbocycles. The number of hydrogen-bond donors (Lipinski definition) is 3. The third kappa shape index (κ3) is 4.38. The lowest BCUT2D eigenvalue weighted by molar-refractivity contribution is 0.260. The topological polar surface area (TPSA) is 48.6 Å². The van der Waals surface area contributed by atoms with Crippen molar-refractivity contribution in [2.75, 3.05) is 27.4 Å². The van der Waals surface area contributed by atoms with Gasteiger partial charge in [0.05, 0.1) is 23.1 Å². The molecule has 9 rings (SSSR count). The van der Waals surface area contributed by atoms with Crippen LogP contribution in [0.15, 0.2) is 133 Å². The number of allylic oxidation sites excluding steroid dienone is 3. The molecule has 0 saturated carbocycles. The van der Waals surface area contributed by atoms with Gasteiger partial charge in [0.2, 0.25) is 0 Å². The Morgan fingerprint density at radius 3 is 2.33 bits per heavy atom. The molecule has 0 fully saturated rings. The molecule has 1 aliphatic carbocycles. The van der Waals surface area contributed by atoms with Gasteiger partial charge in [-0.15, -0.1) is 0 Å². The Morgan fingerprint density at radius 1 is 0.739 bits per heavy atom. The van der Waals surface area contributed by atoms with Gasteiger partial charge in [0.25, 0.3) is 0 Å². The van der Waals surface area contributed by atoms with Gasteiger partial charge in [-0.1, -0.05) is 109 Å². The van der Waals surface area contributed by atoms with E-state index in [1.54, 1.807) is 0 Å². The maximum absolute atomic E-state index is 6.42. The molecule has 0 radical (unpaired) electrons. The molecule has 46 heavy (non-hydrogen) atoms. The molecule has 4 atom stereocenters. The van der Waals surface area contributed by atoms with Crippen LogP contribution in [0.4, 0.5) is 22.7 Å². The SMILES string of the molecule is CCN1c2ccccc2NC1C1C=CC(c2ccc(C3Nc4ccccc4-c4c3ccc3c4NC(c4ccccc4)O3)cc2)=CC1. The van der Waals surface area contributed by atoms with Gasteiger partial charge in [-0.3, -0.25) is 0 Å². The fourth-order valence-electron chi connectivity index (χ4n) is 7.65. The summed E-state index contributed by atoms with van der Waals surface area (Å²) in [5.74, 6) is 1.31. The third-order valence-corrected chi connectivity index (χ3v) is 9.94. The fourth-order valence-corrected chi connectivity index (χ4v) is 7.65. The Labute approximate surface area is 270 Å². The molecule has 0 bridgehead atoms. The van der Waals surface area contributed by atoms with E-state index in [2.05, 4.69) is 155 Å². The average Bonchev–Trinajstić information content (AvgIpc) is 3.74. The van der Waals surface area contributed by atoms with Crippen LogP contribution < -0.4 is 25.6 Å². The molecule has 5 heteroatoms. The van der Waals surface area contributed by atoms with E-state index in [0.29, 0.717) is 5.92 Å². The molecule has 5 nitrogen and oxygen atoms in total. The first-order valence-corrected chi connectivity index (χ1v) is 16.4. The van der Waals surface area contributed by atoms with E-state index >= 15 is 0 Å². The summed E-state index contributed by atoms with van der Waals surface area (Å²) in [6.07, 6.45) is 8.19. The Kier molecular flexibility index (Phi) is 6.37. The standard InChI is InChI=1S/C41H36N4O/c1-2-45-35-15-9-8-14-34(35)43-40(45)29-22-18-27(19-23-29)26-16-20-28(21-17-26)38-32-24-25-36-39(37(32)31-12-6-7-13-33(31)42-38)44-41(46-36)30-10-4-3-5-11-30/h3-22,24-25,29,38,40-44H,2,23H2,1H3. The molecular weight excluding hydrogens is 564 g/mol. The van der Waals surface area contributed by atoms with Crippen LogP contribution in [0.5, 0.6) is 5.75 Å². The zero-order valence-electron chi connectivity index (χ0n) is 25.8. The second-order valence-corrected chi connectivity index (χ2v) is 12.5. The Morgan fingerprint density at radius 2 is 1.52 bits per heavy atom. The minimum absolute atomic E-state index is 0.0252. The first-order valence-electron chi connectivity index (χ1n) is 16.4. The molecule has 226 valence electrons. The maximum atomic E-state index is 6.42. The van der Waals surface area contributed by atoms with Gasteiger partial charge in [-0.2, -0.15) is 0 Å². The minimum atomic E-state index is -0.205. The van der Waals surface area contributed by atoms with E-state index < -0.39 is 0 Å². The zero-order valence-corrected chi connectivity index (χ0v) is 25.8. The number of para-hydroxylation sites is 3. The van der Waals surface area contributed by atoms with Crippen LogP contribution in [0.1, 0.15) is 47.9 Å².